The predicted molar refractivity (Wildman–Crippen MR) is 89.4 cm³/mol. The zero-order valence-corrected chi connectivity index (χ0v) is 14.9. The number of nitrogens with one attached hydrogen (secondary N) is 2. The molecule has 0 bridgehead atoms. The Morgan fingerprint density at radius 3 is 2.38 bits per heavy atom. The lowest BCUT2D eigenvalue weighted by Gasteiger charge is -2.34. The average molecular weight is 342 g/mol. The number of carbonyl (C=O) groups is 3. The Morgan fingerprint density at radius 1 is 1.08 bits per heavy atom. The van der Waals surface area contributed by atoms with E-state index in [1.165, 1.54) is 0 Å². The minimum Gasteiger partial charge on any atom is -0.383 e. The van der Waals surface area contributed by atoms with E-state index < -0.39 is 0 Å². The second-order valence-electron chi connectivity index (χ2n) is 6.45. The lowest BCUT2D eigenvalue weighted by molar-refractivity contribution is -0.131. The van der Waals surface area contributed by atoms with Gasteiger partial charge < -0.3 is 20.1 Å². The first-order chi connectivity index (χ1) is 11.4. The lowest BCUT2D eigenvalue weighted by Crippen LogP contribution is -2.49. The minimum absolute atomic E-state index is 0.0227. The number of hydrogen-bond donors (Lipinski definition) is 2. The fourth-order valence-electron chi connectivity index (χ4n) is 2.40. The lowest BCUT2D eigenvalue weighted by atomic mass is 9.79. The molecule has 138 valence electrons. The molecule has 1 aliphatic rings. The maximum Gasteiger partial charge on any atom is 0.223 e. The smallest absolute Gasteiger partial charge is 0.223 e. The molecule has 2 N–H and O–H groups in total. The largest absolute Gasteiger partial charge is 0.383 e. The Labute approximate surface area is 143 Å². The van der Waals surface area contributed by atoms with Crippen LogP contribution in [0, 0.1) is 11.8 Å². The first-order valence-electron chi connectivity index (χ1n) is 8.60. The first kappa shape index (κ1) is 20.6. The predicted octanol–water partition coefficient (Wildman–Crippen LogP) is 0.666. The Morgan fingerprint density at radius 2 is 1.75 bits per heavy atom. The van der Waals surface area contributed by atoms with Crippen LogP contribution < -0.4 is 10.6 Å². The summed E-state index contributed by atoms with van der Waals surface area (Å²) in [5, 5.41) is 5.70. The quantitative estimate of drug-likeness (QED) is 0.508. The fourth-order valence-corrected chi connectivity index (χ4v) is 2.40. The first-order valence-corrected chi connectivity index (χ1v) is 8.60. The van der Waals surface area contributed by atoms with E-state index >= 15 is 0 Å². The maximum absolute atomic E-state index is 11.8. The molecule has 0 atom stereocenters. The van der Waals surface area contributed by atoms with Crippen molar-refractivity contribution in [3.8, 4) is 0 Å². The van der Waals surface area contributed by atoms with Crippen LogP contribution in [0.15, 0.2) is 0 Å². The van der Waals surface area contributed by atoms with Gasteiger partial charge in [-0.2, -0.15) is 0 Å². The highest BCUT2D eigenvalue weighted by molar-refractivity contribution is 5.81. The summed E-state index contributed by atoms with van der Waals surface area (Å²) in [6.07, 6.45) is 2.02. The van der Waals surface area contributed by atoms with Gasteiger partial charge >= 0.3 is 0 Å². The molecule has 1 fully saturated rings. The zero-order chi connectivity index (χ0) is 17.9. The van der Waals surface area contributed by atoms with Crippen molar-refractivity contribution >= 4 is 17.6 Å². The molecule has 7 heteroatoms. The van der Waals surface area contributed by atoms with E-state index in [1.807, 2.05) is 13.8 Å². The molecular weight excluding hydrogens is 312 g/mol. The van der Waals surface area contributed by atoms with E-state index in [9.17, 15) is 14.4 Å². The third-order valence-corrected chi connectivity index (χ3v) is 4.09. The summed E-state index contributed by atoms with van der Waals surface area (Å²) < 4.78 is 10.2. The van der Waals surface area contributed by atoms with Crippen LogP contribution in [0.1, 0.15) is 39.5 Å². The summed E-state index contributed by atoms with van der Waals surface area (Å²) in [5.41, 5.74) is 0. The van der Waals surface area contributed by atoms with Crippen LogP contribution in [0.2, 0.25) is 0 Å². The van der Waals surface area contributed by atoms with Crippen molar-refractivity contribution in [3.63, 3.8) is 0 Å². The molecule has 1 aliphatic carbocycles. The monoisotopic (exact) mass is 342 g/mol. The van der Waals surface area contributed by atoms with E-state index in [4.69, 9.17) is 9.47 Å². The molecule has 24 heavy (non-hydrogen) atoms. The summed E-state index contributed by atoms with van der Waals surface area (Å²) in [6, 6.07) is 0.0678. The molecule has 0 aromatic rings. The Balaban J connectivity index is 2.01. The van der Waals surface area contributed by atoms with Gasteiger partial charge in [0.2, 0.25) is 11.8 Å². The van der Waals surface area contributed by atoms with Gasteiger partial charge in [-0.3, -0.25) is 14.4 Å². The van der Waals surface area contributed by atoms with Crippen molar-refractivity contribution in [1.82, 2.24) is 10.6 Å². The van der Waals surface area contributed by atoms with Gasteiger partial charge in [0.05, 0.1) is 19.8 Å². The summed E-state index contributed by atoms with van der Waals surface area (Å²) in [5.74, 6) is 0.119. The number of rotatable bonds is 12. The summed E-state index contributed by atoms with van der Waals surface area (Å²) >= 11 is 0. The summed E-state index contributed by atoms with van der Waals surface area (Å²) in [6.45, 7) is 5.40. The van der Waals surface area contributed by atoms with Crippen molar-refractivity contribution in [2.75, 3.05) is 33.5 Å². The SMILES string of the molecule is COCCNC(=O)C1CC(NC(=O)CCOCCC(=O)C(C)C)C1. The highest BCUT2D eigenvalue weighted by Crippen LogP contribution is 2.27. The Kier molecular flexibility index (Phi) is 9.56. The van der Waals surface area contributed by atoms with Crippen LogP contribution in [-0.2, 0) is 23.9 Å². The Bertz CT molecular complexity index is 419. The van der Waals surface area contributed by atoms with Crippen molar-refractivity contribution in [2.24, 2.45) is 11.8 Å². The van der Waals surface area contributed by atoms with Gasteiger partial charge in [-0.25, -0.2) is 0 Å². The van der Waals surface area contributed by atoms with Crippen molar-refractivity contribution in [2.45, 2.75) is 45.6 Å². The molecule has 0 aromatic carbocycles. The normalized spacial score (nSPS) is 19.7. The Hall–Kier alpha value is -1.47. The van der Waals surface area contributed by atoms with E-state index in [-0.39, 0.29) is 41.9 Å². The number of ketones is 1. The molecule has 0 aliphatic heterocycles. The second kappa shape index (κ2) is 11.1. The number of ether oxygens (including phenoxy) is 2. The van der Waals surface area contributed by atoms with E-state index in [2.05, 4.69) is 10.6 Å². The summed E-state index contributed by atoms with van der Waals surface area (Å²) in [4.78, 5) is 34.9. The number of carbonyl (C=O) groups excluding carboxylic acids is 3. The minimum atomic E-state index is -0.0755. The van der Waals surface area contributed by atoms with Gasteiger partial charge in [0.1, 0.15) is 5.78 Å². The molecule has 0 heterocycles. The van der Waals surface area contributed by atoms with Gasteiger partial charge in [0.15, 0.2) is 0 Å². The summed E-state index contributed by atoms with van der Waals surface area (Å²) in [7, 11) is 1.59. The van der Waals surface area contributed by atoms with Crippen LogP contribution in [-0.4, -0.2) is 57.1 Å². The second-order valence-corrected chi connectivity index (χ2v) is 6.45. The standard InChI is InChI=1S/C17H30N2O5/c1-12(2)15(20)4-7-24-8-5-16(21)19-14-10-13(11-14)17(22)18-6-9-23-3/h12-14H,4-11H2,1-3H3,(H,18,22)(H,19,21). The van der Waals surface area contributed by atoms with Gasteiger partial charge in [-0.15, -0.1) is 0 Å². The van der Waals surface area contributed by atoms with E-state index in [0.717, 1.165) is 0 Å². The third kappa shape index (κ3) is 7.88. The topological polar surface area (TPSA) is 93.7 Å². The molecule has 2 amide bonds. The van der Waals surface area contributed by atoms with Crippen molar-refractivity contribution < 1.29 is 23.9 Å². The van der Waals surface area contributed by atoms with Crippen LogP contribution in [0.3, 0.4) is 0 Å². The number of methoxy groups -OCH3 is 1. The van der Waals surface area contributed by atoms with Crippen molar-refractivity contribution in [3.05, 3.63) is 0 Å². The molecule has 0 unspecified atom stereocenters. The van der Waals surface area contributed by atoms with Gasteiger partial charge in [-0.05, 0) is 12.8 Å². The van der Waals surface area contributed by atoms with Crippen LogP contribution in [0.5, 0.6) is 0 Å². The van der Waals surface area contributed by atoms with Crippen molar-refractivity contribution in [1.29, 1.82) is 0 Å². The zero-order valence-electron chi connectivity index (χ0n) is 14.9. The number of amides is 2. The molecule has 0 spiro atoms. The highest BCUT2D eigenvalue weighted by Gasteiger charge is 2.34. The highest BCUT2D eigenvalue weighted by atomic mass is 16.5. The van der Waals surface area contributed by atoms with Gasteiger partial charge in [-0.1, -0.05) is 13.8 Å². The van der Waals surface area contributed by atoms with Crippen LogP contribution in [0.25, 0.3) is 0 Å². The third-order valence-electron chi connectivity index (χ3n) is 4.09. The molecule has 1 saturated carbocycles. The molecule has 0 radical (unpaired) electrons. The number of hydrogen-bond acceptors (Lipinski definition) is 5. The van der Waals surface area contributed by atoms with Gasteiger partial charge in [0, 0.05) is 44.4 Å². The average Bonchev–Trinajstić information content (AvgIpc) is 2.49. The van der Waals surface area contributed by atoms with E-state index in [0.29, 0.717) is 45.6 Å². The van der Waals surface area contributed by atoms with Crippen LogP contribution in [0.4, 0.5) is 0 Å². The maximum atomic E-state index is 11.8. The van der Waals surface area contributed by atoms with Gasteiger partial charge in [0.25, 0.3) is 0 Å². The molecule has 1 rings (SSSR count). The molecule has 0 aromatic heterocycles. The molecule has 0 saturated heterocycles. The molecular formula is C17H30N2O5. The number of Topliss-reactive ketones (excluding diaryl/α,β-unsaturated/α-hetero) is 1. The molecule has 7 nitrogen and oxygen atoms in total. The van der Waals surface area contributed by atoms with Crippen LogP contribution >= 0.6 is 0 Å². The van der Waals surface area contributed by atoms with E-state index in [1.54, 1.807) is 7.11 Å². The fraction of sp³-hybridized carbons (Fsp3) is 0.824.